The van der Waals surface area contributed by atoms with Crippen molar-refractivity contribution in [1.82, 2.24) is 10.3 Å². The van der Waals surface area contributed by atoms with Crippen LogP contribution < -0.4 is 10.1 Å². The third kappa shape index (κ3) is 4.26. The smallest absolute Gasteiger partial charge is 0.219 e. The van der Waals surface area contributed by atoms with Gasteiger partial charge in [-0.15, -0.1) is 0 Å². The van der Waals surface area contributed by atoms with Crippen molar-refractivity contribution in [2.45, 2.75) is 33.2 Å². The fourth-order valence-corrected chi connectivity index (χ4v) is 1.94. The molecule has 0 atom stereocenters. The van der Waals surface area contributed by atoms with Gasteiger partial charge in [0.25, 0.3) is 0 Å². The lowest BCUT2D eigenvalue weighted by molar-refractivity contribution is 0.424. The topological polar surface area (TPSA) is 34.1 Å². The van der Waals surface area contributed by atoms with Crippen LogP contribution in [0.3, 0.4) is 0 Å². The molecular formula is C17H21FN2O. The second kappa shape index (κ2) is 7.18. The minimum Gasteiger partial charge on any atom is -0.436 e. The van der Waals surface area contributed by atoms with Gasteiger partial charge in [0, 0.05) is 18.3 Å². The Hall–Kier alpha value is -1.94. The zero-order valence-electron chi connectivity index (χ0n) is 12.7. The van der Waals surface area contributed by atoms with Crippen molar-refractivity contribution in [3.63, 3.8) is 0 Å². The standard InChI is InChI=1S/C17H21FN2O/c1-4-19-11-13-9-15(12(2)3)20-17(10-13)21-16-8-6-5-7-14(16)18/h5-10,12,19H,4,11H2,1-3H3. The molecular weight excluding hydrogens is 267 g/mol. The number of pyridine rings is 1. The monoisotopic (exact) mass is 288 g/mol. The Kier molecular flexibility index (Phi) is 5.28. The van der Waals surface area contributed by atoms with Gasteiger partial charge in [-0.05, 0) is 36.2 Å². The predicted octanol–water partition coefficient (Wildman–Crippen LogP) is 4.25. The first kappa shape index (κ1) is 15.4. The number of nitrogens with zero attached hydrogens (tertiary/aromatic N) is 1. The van der Waals surface area contributed by atoms with E-state index in [1.54, 1.807) is 18.2 Å². The van der Waals surface area contributed by atoms with E-state index in [0.717, 1.165) is 24.3 Å². The van der Waals surface area contributed by atoms with Crippen LogP contribution in [0.2, 0.25) is 0 Å². The van der Waals surface area contributed by atoms with E-state index in [9.17, 15) is 4.39 Å². The van der Waals surface area contributed by atoms with Crippen LogP contribution in [0, 0.1) is 5.82 Å². The lowest BCUT2D eigenvalue weighted by atomic mass is 10.1. The molecule has 1 heterocycles. The third-order valence-electron chi connectivity index (χ3n) is 3.10. The summed E-state index contributed by atoms with van der Waals surface area (Å²) < 4.78 is 19.3. The second-order valence-electron chi connectivity index (χ2n) is 5.21. The van der Waals surface area contributed by atoms with Crippen molar-refractivity contribution >= 4 is 0 Å². The average Bonchev–Trinajstić information content (AvgIpc) is 2.47. The first-order chi connectivity index (χ1) is 10.1. The Morgan fingerprint density at radius 3 is 2.67 bits per heavy atom. The highest BCUT2D eigenvalue weighted by molar-refractivity contribution is 5.32. The van der Waals surface area contributed by atoms with E-state index in [1.807, 2.05) is 6.07 Å². The minimum atomic E-state index is -0.387. The molecule has 2 rings (SSSR count). The SMILES string of the molecule is CCNCc1cc(Oc2ccccc2F)nc(C(C)C)c1. The summed E-state index contributed by atoms with van der Waals surface area (Å²) in [6, 6.07) is 10.3. The van der Waals surface area contributed by atoms with Gasteiger partial charge in [-0.1, -0.05) is 32.9 Å². The van der Waals surface area contributed by atoms with E-state index >= 15 is 0 Å². The molecule has 0 radical (unpaired) electrons. The normalized spacial score (nSPS) is 10.9. The highest BCUT2D eigenvalue weighted by Gasteiger charge is 2.10. The van der Waals surface area contributed by atoms with Gasteiger partial charge >= 0.3 is 0 Å². The van der Waals surface area contributed by atoms with Crippen molar-refractivity contribution in [2.24, 2.45) is 0 Å². The summed E-state index contributed by atoms with van der Waals surface area (Å²) >= 11 is 0. The van der Waals surface area contributed by atoms with Gasteiger partial charge < -0.3 is 10.1 Å². The molecule has 1 N–H and O–H groups in total. The number of halogens is 1. The van der Waals surface area contributed by atoms with Crippen molar-refractivity contribution in [2.75, 3.05) is 6.54 Å². The third-order valence-corrected chi connectivity index (χ3v) is 3.10. The molecule has 112 valence electrons. The van der Waals surface area contributed by atoms with Crippen LogP contribution in [-0.4, -0.2) is 11.5 Å². The molecule has 0 fully saturated rings. The molecule has 1 aromatic heterocycles. The Balaban J connectivity index is 2.29. The molecule has 0 aliphatic carbocycles. The number of rotatable bonds is 6. The van der Waals surface area contributed by atoms with Gasteiger partial charge in [-0.2, -0.15) is 0 Å². The zero-order chi connectivity index (χ0) is 15.2. The molecule has 0 saturated heterocycles. The second-order valence-corrected chi connectivity index (χ2v) is 5.21. The summed E-state index contributed by atoms with van der Waals surface area (Å²) in [6.45, 7) is 7.84. The first-order valence-corrected chi connectivity index (χ1v) is 7.24. The van der Waals surface area contributed by atoms with Crippen LogP contribution in [0.5, 0.6) is 11.6 Å². The number of ether oxygens (including phenoxy) is 1. The van der Waals surface area contributed by atoms with Crippen molar-refractivity contribution < 1.29 is 9.13 Å². The Labute approximate surface area is 125 Å². The summed E-state index contributed by atoms with van der Waals surface area (Å²) in [7, 11) is 0. The van der Waals surface area contributed by atoms with Gasteiger partial charge in [0.2, 0.25) is 5.88 Å². The average molecular weight is 288 g/mol. The van der Waals surface area contributed by atoms with Crippen LogP contribution in [0.15, 0.2) is 36.4 Å². The van der Waals surface area contributed by atoms with Gasteiger partial charge in [0.15, 0.2) is 11.6 Å². The molecule has 4 heteroatoms. The van der Waals surface area contributed by atoms with Crippen LogP contribution in [0.4, 0.5) is 4.39 Å². The van der Waals surface area contributed by atoms with Crippen LogP contribution in [-0.2, 0) is 6.54 Å². The summed E-state index contributed by atoms with van der Waals surface area (Å²) in [4.78, 5) is 4.46. The van der Waals surface area contributed by atoms with Gasteiger partial charge in [0.1, 0.15) is 0 Å². The first-order valence-electron chi connectivity index (χ1n) is 7.24. The number of para-hydroxylation sites is 1. The summed E-state index contributed by atoms with van der Waals surface area (Å²) in [5.74, 6) is 0.525. The summed E-state index contributed by atoms with van der Waals surface area (Å²) in [5, 5.41) is 3.28. The van der Waals surface area contributed by atoms with Crippen LogP contribution >= 0.6 is 0 Å². The molecule has 0 unspecified atom stereocenters. The minimum absolute atomic E-state index is 0.195. The molecule has 0 saturated carbocycles. The lowest BCUT2D eigenvalue weighted by Crippen LogP contribution is -2.12. The molecule has 0 aliphatic heterocycles. The van der Waals surface area contributed by atoms with E-state index < -0.39 is 0 Å². The van der Waals surface area contributed by atoms with Crippen molar-refractivity contribution in [1.29, 1.82) is 0 Å². The quantitative estimate of drug-likeness (QED) is 0.863. The molecule has 2 aromatic rings. The van der Waals surface area contributed by atoms with Crippen LogP contribution in [0.1, 0.15) is 37.9 Å². The molecule has 0 amide bonds. The van der Waals surface area contributed by atoms with Gasteiger partial charge in [-0.25, -0.2) is 9.37 Å². The highest BCUT2D eigenvalue weighted by atomic mass is 19.1. The summed E-state index contributed by atoms with van der Waals surface area (Å²) in [5.41, 5.74) is 2.03. The molecule has 0 bridgehead atoms. The maximum atomic E-state index is 13.7. The van der Waals surface area contributed by atoms with Gasteiger partial charge in [-0.3, -0.25) is 0 Å². The molecule has 0 aliphatic rings. The maximum Gasteiger partial charge on any atom is 0.219 e. The number of benzene rings is 1. The largest absolute Gasteiger partial charge is 0.436 e. The number of aromatic nitrogens is 1. The Bertz CT molecular complexity index is 599. The number of nitrogens with one attached hydrogen (secondary N) is 1. The maximum absolute atomic E-state index is 13.7. The lowest BCUT2D eigenvalue weighted by Gasteiger charge is -2.12. The van der Waals surface area contributed by atoms with E-state index in [-0.39, 0.29) is 17.5 Å². The molecule has 21 heavy (non-hydrogen) atoms. The van der Waals surface area contributed by atoms with E-state index in [4.69, 9.17) is 4.74 Å². The molecule has 0 spiro atoms. The van der Waals surface area contributed by atoms with Crippen molar-refractivity contribution in [3.8, 4) is 11.6 Å². The van der Waals surface area contributed by atoms with E-state index in [1.165, 1.54) is 6.07 Å². The Morgan fingerprint density at radius 1 is 1.24 bits per heavy atom. The number of hydrogen-bond donors (Lipinski definition) is 1. The fourth-order valence-electron chi connectivity index (χ4n) is 1.94. The Morgan fingerprint density at radius 2 is 2.00 bits per heavy atom. The summed E-state index contributed by atoms with van der Waals surface area (Å²) in [6.07, 6.45) is 0. The predicted molar refractivity (Wildman–Crippen MR) is 82.2 cm³/mol. The molecule has 1 aromatic carbocycles. The number of hydrogen-bond acceptors (Lipinski definition) is 3. The van der Waals surface area contributed by atoms with Crippen LogP contribution in [0.25, 0.3) is 0 Å². The van der Waals surface area contributed by atoms with E-state index in [2.05, 4.69) is 37.1 Å². The zero-order valence-corrected chi connectivity index (χ0v) is 12.7. The van der Waals surface area contributed by atoms with Crippen molar-refractivity contribution in [3.05, 3.63) is 53.5 Å². The molecule has 3 nitrogen and oxygen atoms in total. The van der Waals surface area contributed by atoms with Gasteiger partial charge in [0.05, 0.1) is 0 Å². The fraction of sp³-hybridized carbons (Fsp3) is 0.353. The highest BCUT2D eigenvalue weighted by Crippen LogP contribution is 2.25. The van der Waals surface area contributed by atoms with E-state index in [0.29, 0.717) is 5.88 Å².